The Morgan fingerprint density at radius 3 is 2.85 bits per heavy atom. The molecule has 0 aliphatic heterocycles. The third kappa shape index (κ3) is 2.69. The minimum Gasteiger partial charge on any atom is -0.492 e. The van der Waals surface area contributed by atoms with Crippen molar-refractivity contribution >= 4 is 33.2 Å². The van der Waals surface area contributed by atoms with Crippen molar-refractivity contribution in [2.75, 3.05) is 6.61 Å². The lowest BCUT2D eigenvalue weighted by Gasteiger charge is -2.08. The summed E-state index contributed by atoms with van der Waals surface area (Å²) >= 11 is 7.26. The van der Waals surface area contributed by atoms with Gasteiger partial charge in [0, 0.05) is 5.02 Å². The molecule has 0 saturated carbocycles. The second-order valence-electron chi connectivity index (χ2n) is 4.18. The van der Waals surface area contributed by atoms with Crippen molar-refractivity contribution < 1.29 is 4.74 Å². The van der Waals surface area contributed by atoms with Crippen LogP contribution in [-0.4, -0.2) is 16.2 Å². The topological polar surface area (TPSA) is 44.1 Å². The van der Waals surface area contributed by atoms with Gasteiger partial charge in [0.2, 0.25) is 0 Å². The Morgan fingerprint density at radius 1 is 1.25 bits per heavy atom. The third-order valence-electron chi connectivity index (χ3n) is 2.86. The second-order valence-corrected chi connectivity index (χ2v) is 5.52. The summed E-state index contributed by atoms with van der Waals surface area (Å²) in [5.41, 5.74) is -0.0315. The normalized spacial score (nSPS) is 10.8. The van der Waals surface area contributed by atoms with Crippen molar-refractivity contribution in [2.24, 2.45) is 0 Å². The summed E-state index contributed by atoms with van der Waals surface area (Å²) in [6.45, 7) is 0.860. The lowest BCUT2D eigenvalue weighted by Crippen LogP contribution is -2.23. The van der Waals surface area contributed by atoms with Gasteiger partial charge in [-0.2, -0.15) is 0 Å². The van der Waals surface area contributed by atoms with E-state index in [1.165, 1.54) is 11.3 Å². The van der Waals surface area contributed by atoms with Gasteiger partial charge in [0.1, 0.15) is 17.2 Å². The first-order valence-electron chi connectivity index (χ1n) is 6.05. The maximum absolute atomic E-state index is 12.1. The molecule has 0 bridgehead atoms. The highest BCUT2D eigenvalue weighted by atomic mass is 35.5. The van der Waals surface area contributed by atoms with E-state index in [0.29, 0.717) is 23.6 Å². The molecule has 0 N–H and O–H groups in total. The van der Waals surface area contributed by atoms with Gasteiger partial charge in [0.25, 0.3) is 5.56 Å². The van der Waals surface area contributed by atoms with Crippen LogP contribution in [0.25, 0.3) is 10.2 Å². The first kappa shape index (κ1) is 13.1. The number of halogens is 1. The van der Waals surface area contributed by atoms with Crippen LogP contribution in [-0.2, 0) is 6.54 Å². The van der Waals surface area contributed by atoms with E-state index in [9.17, 15) is 4.79 Å². The molecule has 1 aromatic carbocycles. The Hall–Kier alpha value is -1.85. The van der Waals surface area contributed by atoms with Crippen LogP contribution in [0.1, 0.15) is 0 Å². The molecule has 2 heterocycles. The standard InChI is InChI=1S/C14H11ClN2O2S/c15-10-1-3-11(4-2-10)19-7-6-17-9-16-13-12(14(17)18)5-8-20-13/h1-5,8-9H,6-7H2. The largest absolute Gasteiger partial charge is 0.492 e. The summed E-state index contributed by atoms with van der Waals surface area (Å²) in [5, 5.41) is 3.19. The van der Waals surface area contributed by atoms with Crippen LogP contribution in [0, 0.1) is 0 Å². The quantitative estimate of drug-likeness (QED) is 0.743. The van der Waals surface area contributed by atoms with Gasteiger partial charge in [-0.3, -0.25) is 9.36 Å². The molecule has 2 aromatic heterocycles. The third-order valence-corrected chi connectivity index (χ3v) is 3.94. The monoisotopic (exact) mass is 306 g/mol. The van der Waals surface area contributed by atoms with Crippen LogP contribution in [0.15, 0.2) is 46.8 Å². The van der Waals surface area contributed by atoms with Gasteiger partial charge < -0.3 is 4.74 Å². The number of ether oxygens (including phenoxy) is 1. The van der Waals surface area contributed by atoms with E-state index in [-0.39, 0.29) is 5.56 Å². The fraction of sp³-hybridized carbons (Fsp3) is 0.143. The van der Waals surface area contributed by atoms with E-state index in [0.717, 1.165) is 10.6 Å². The van der Waals surface area contributed by atoms with Crippen LogP contribution < -0.4 is 10.3 Å². The van der Waals surface area contributed by atoms with E-state index in [4.69, 9.17) is 16.3 Å². The minimum atomic E-state index is -0.0315. The van der Waals surface area contributed by atoms with E-state index < -0.39 is 0 Å². The Labute approximate surface area is 124 Å². The van der Waals surface area contributed by atoms with Gasteiger partial charge in [-0.1, -0.05) is 11.6 Å². The number of fused-ring (bicyclic) bond motifs is 1. The van der Waals surface area contributed by atoms with Crippen molar-refractivity contribution in [3.05, 3.63) is 57.4 Å². The number of aromatic nitrogens is 2. The van der Waals surface area contributed by atoms with Crippen LogP contribution >= 0.6 is 22.9 Å². The molecule has 6 heteroatoms. The second kappa shape index (κ2) is 5.64. The highest BCUT2D eigenvalue weighted by Crippen LogP contribution is 2.16. The summed E-state index contributed by atoms with van der Waals surface area (Å²) in [7, 11) is 0. The van der Waals surface area contributed by atoms with Gasteiger partial charge in [-0.25, -0.2) is 4.98 Å². The Morgan fingerprint density at radius 2 is 2.05 bits per heavy atom. The predicted octanol–water partition coefficient (Wildman–Crippen LogP) is 3.19. The summed E-state index contributed by atoms with van der Waals surface area (Å²) < 4.78 is 7.13. The van der Waals surface area contributed by atoms with Gasteiger partial charge in [0.05, 0.1) is 18.3 Å². The maximum Gasteiger partial charge on any atom is 0.262 e. The summed E-state index contributed by atoms with van der Waals surface area (Å²) in [6.07, 6.45) is 1.56. The molecule has 0 atom stereocenters. The lowest BCUT2D eigenvalue weighted by molar-refractivity contribution is 0.296. The van der Waals surface area contributed by atoms with Crippen LogP contribution in [0.5, 0.6) is 5.75 Å². The van der Waals surface area contributed by atoms with E-state index in [2.05, 4.69) is 4.98 Å². The number of thiophene rings is 1. The molecule has 3 aromatic rings. The molecule has 0 spiro atoms. The highest BCUT2D eigenvalue weighted by Gasteiger charge is 2.04. The van der Waals surface area contributed by atoms with Crippen molar-refractivity contribution in [3.8, 4) is 5.75 Å². The molecule has 20 heavy (non-hydrogen) atoms. The van der Waals surface area contributed by atoms with Crippen molar-refractivity contribution in [1.29, 1.82) is 0 Å². The highest BCUT2D eigenvalue weighted by molar-refractivity contribution is 7.16. The Kier molecular flexibility index (Phi) is 3.71. The summed E-state index contributed by atoms with van der Waals surface area (Å²) in [5.74, 6) is 0.729. The first-order chi connectivity index (χ1) is 9.74. The zero-order valence-electron chi connectivity index (χ0n) is 10.5. The van der Waals surface area contributed by atoms with Crippen molar-refractivity contribution in [1.82, 2.24) is 9.55 Å². The molecule has 0 fully saturated rings. The smallest absolute Gasteiger partial charge is 0.262 e. The van der Waals surface area contributed by atoms with Gasteiger partial charge in [0.15, 0.2) is 0 Å². The molecular weight excluding hydrogens is 296 g/mol. The number of hydrogen-bond acceptors (Lipinski definition) is 4. The molecule has 4 nitrogen and oxygen atoms in total. The van der Waals surface area contributed by atoms with E-state index in [1.807, 2.05) is 5.38 Å². The number of nitrogens with zero attached hydrogens (tertiary/aromatic N) is 2. The number of rotatable bonds is 4. The SMILES string of the molecule is O=c1c2ccsc2ncn1CCOc1ccc(Cl)cc1. The summed E-state index contributed by atoms with van der Waals surface area (Å²) in [4.78, 5) is 17.1. The van der Waals surface area contributed by atoms with Gasteiger partial charge in [-0.15, -0.1) is 11.3 Å². The molecule has 0 radical (unpaired) electrons. The van der Waals surface area contributed by atoms with Gasteiger partial charge >= 0.3 is 0 Å². The zero-order chi connectivity index (χ0) is 13.9. The van der Waals surface area contributed by atoms with E-state index in [1.54, 1.807) is 41.2 Å². The number of benzene rings is 1. The fourth-order valence-corrected chi connectivity index (χ4v) is 2.69. The molecule has 0 unspecified atom stereocenters. The Balaban J connectivity index is 1.69. The average Bonchev–Trinajstić information content (AvgIpc) is 2.93. The zero-order valence-corrected chi connectivity index (χ0v) is 12.0. The molecule has 0 aliphatic rings. The molecule has 3 rings (SSSR count). The Bertz CT molecular complexity index is 780. The molecular formula is C14H11ClN2O2S. The van der Waals surface area contributed by atoms with Crippen molar-refractivity contribution in [3.63, 3.8) is 0 Å². The van der Waals surface area contributed by atoms with Crippen LogP contribution in [0.2, 0.25) is 5.02 Å². The average molecular weight is 307 g/mol. The summed E-state index contributed by atoms with van der Waals surface area (Å²) in [6, 6.07) is 8.92. The molecule has 102 valence electrons. The first-order valence-corrected chi connectivity index (χ1v) is 7.31. The predicted molar refractivity (Wildman–Crippen MR) is 80.8 cm³/mol. The van der Waals surface area contributed by atoms with Crippen LogP contribution in [0.4, 0.5) is 0 Å². The molecule has 0 saturated heterocycles. The van der Waals surface area contributed by atoms with Gasteiger partial charge in [-0.05, 0) is 35.7 Å². The lowest BCUT2D eigenvalue weighted by atomic mass is 10.3. The van der Waals surface area contributed by atoms with Crippen LogP contribution in [0.3, 0.4) is 0 Å². The minimum absolute atomic E-state index is 0.0315. The number of hydrogen-bond donors (Lipinski definition) is 0. The molecule has 0 aliphatic carbocycles. The maximum atomic E-state index is 12.1. The fourth-order valence-electron chi connectivity index (χ4n) is 1.85. The van der Waals surface area contributed by atoms with E-state index >= 15 is 0 Å². The molecule has 0 amide bonds. The van der Waals surface area contributed by atoms with Crippen molar-refractivity contribution in [2.45, 2.75) is 6.54 Å².